The molecule has 7 nitrogen and oxygen atoms in total. The summed E-state index contributed by atoms with van der Waals surface area (Å²) in [6.07, 6.45) is 3.33. The van der Waals surface area contributed by atoms with E-state index in [1.807, 2.05) is 26.0 Å². The van der Waals surface area contributed by atoms with Gasteiger partial charge in [0.1, 0.15) is 12.4 Å². The molecule has 0 aliphatic carbocycles. The number of aryl methyl sites for hydroxylation is 1. The monoisotopic (exact) mass is 396 g/mol. The van der Waals surface area contributed by atoms with Crippen molar-refractivity contribution in [3.05, 3.63) is 29.8 Å². The molecule has 0 fully saturated rings. The van der Waals surface area contributed by atoms with Crippen molar-refractivity contribution >= 4 is 11.9 Å². The quantitative estimate of drug-likeness (QED) is 0.390. The number of hydrogen-bond donors (Lipinski definition) is 2. The molecule has 0 bridgehead atoms. The minimum atomic E-state index is -0.377. The van der Waals surface area contributed by atoms with Gasteiger partial charge in [-0.2, -0.15) is 0 Å². The Balaban J connectivity index is 0.00000352. The average molecular weight is 397 g/mol. The molecule has 0 saturated heterocycles. The highest BCUT2D eigenvalue weighted by molar-refractivity contribution is 5.73. The summed E-state index contributed by atoms with van der Waals surface area (Å²) in [6, 6.07) is 7.65. The van der Waals surface area contributed by atoms with Gasteiger partial charge in [-0.05, 0) is 43.5 Å². The number of nitrogens with two attached hydrogens (primary N) is 1. The summed E-state index contributed by atoms with van der Waals surface area (Å²) in [7, 11) is 2.64. The summed E-state index contributed by atoms with van der Waals surface area (Å²) >= 11 is 0. The number of methoxy groups -OCH3 is 2. The van der Waals surface area contributed by atoms with Gasteiger partial charge in [-0.25, -0.2) is 0 Å². The fourth-order valence-electron chi connectivity index (χ4n) is 2.44. The number of nitrogens with one attached hydrogen (secondary N) is 1. The third-order valence-electron chi connectivity index (χ3n) is 3.93. The molecule has 3 N–H and O–H groups in total. The number of esters is 2. The number of benzene rings is 1. The van der Waals surface area contributed by atoms with Crippen molar-refractivity contribution < 1.29 is 23.8 Å². The molecule has 1 rings (SSSR count). The predicted molar refractivity (Wildman–Crippen MR) is 110 cm³/mol. The Morgan fingerprint density at radius 1 is 1.00 bits per heavy atom. The van der Waals surface area contributed by atoms with Crippen LogP contribution in [0, 0.1) is 0 Å². The molecular weight excluding hydrogens is 360 g/mol. The largest absolute Gasteiger partial charge is 0.492 e. The minimum Gasteiger partial charge on any atom is -0.492 e. The zero-order valence-corrected chi connectivity index (χ0v) is 17.7. The smallest absolute Gasteiger partial charge is 0.307 e. The van der Waals surface area contributed by atoms with Crippen molar-refractivity contribution in [2.45, 2.75) is 52.0 Å². The normalized spacial score (nSPS) is 10.1. The summed E-state index contributed by atoms with van der Waals surface area (Å²) in [4.78, 5) is 22.8. The van der Waals surface area contributed by atoms with Gasteiger partial charge >= 0.3 is 11.9 Å². The summed E-state index contributed by atoms with van der Waals surface area (Å²) in [5, 5.41) is 3.13. The van der Waals surface area contributed by atoms with E-state index in [-0.39, 0.29) is 30.8 Å². The number of unbranched alkanes of at least 4 members (excludes halogenated alkanes) is 1. The van der Waals surface area contributed by atoms with E-state index in [9.17, 15) is 9.59 Å². The maximum Gasteiger partial charge on any atom is 0.307 e. The molecule has 0 spiro atoms. The fourth-order valence-corrected chi connectivity index (χ4v) is 2.44. The zero-order chi connectivity index (χ0) is 21.2. The summed E-state index contributed by atoms with van der Waals surface area (Å²) < 4.78 is 15.0. The Bertz CT molecular complexity index is 516. The van der Waals surface area contributed by atoms with Crippen molar-refractivity contribution in [1.29, 1.82) is 0 Å². The van der Waals surface area contributed by atoms with Gasteiger partial charge in [0.2, 0.25) is 0 Å². The highest BCUT2D eigenvalue weighted by Gasteiger charge is 2.18. The number of rotatable bonds is 13. The van der Waals surface area contributed by atoms with Crippen LogP contribution in [-0.4, -0.2) is 51.9 Å². The standard InChI is InChI=1S/C19H30N2O5.C2H6/c1-24-18(22)13-16(14-19(23)25-2)21-11-12-26-17-8-6-15(7-9-17)5-3-4-10-20;1-2/h6-9,16,21H,3-5,10-14,20H2,1-2H3;1-2H3. The Morgan fingerprint density at radius 3 is 2.07 bits per heavy atom. The number of ether oxygens (including phenoxy) is 3. The Kier molecular flexibility index (Phi) is 15.7. The highest BCUT2D eigenvalue weighted by atomic mass is 16.5. The van der Waals surface area contributed by atoms with Crippen molar-refractivity contribution in [3.63, 3.8) is 0 Å². The lowest BCUT2D eigenvalue weighted by molar-refractivity contribution is -0.143. The molecule has 0 saturated carbocycles. The molecule has 0 heterocycles. The maximum absolute atomic E-state index is 11.4. The average Bonchev–Trinajstić information content (AvgIpc) is 2.73. The maximum atomic E-state index is 11.4. The molecule has 1 aromatic carbocycles. The van der Waals surface area contributed by atoms with Gasteiger partial charge in [-0.3, -0.25) is 9.59 Å². The van der Waals surface area contributed by atoms with E-state index in [2.05, 4.69) is 26.9 Å². The van der Waals surface area contributed by atoms with Crippen molar-refractivity contribution in [1.82, 2.24) is 5.32 Å². The molecule has 7 heteroatoms. The second kappa shape index (κ2) is 17.0. The summed E-state index contributed by atoms with van der Waals surface area (Å²) in [5.41, 5.74) is 6.76. The van der Waals surface area contributed by atoms with E-state index < -0.39 is 0 Å². The second-order valence-electron chi connectivity index (χ2n) is 5.95. The van der Waals surface area contributed by atoms with Crippen LogP contribution in [-0.2, 0) is 25.5 Å². The van der Waals surface area contributed by atoms with Crippen LogP contribution in [0.2, 0.25) is 0 Å². The molecule has 0 aliphatic rings. The first kappa shape index (κ1) is 25.9. The Morgan fingerprint density at radius 2 is 1.57 bits per heavy atom. The topological polar surface area (TPSA) is 99.9 Å². The molecule has 0 amide bonds. The van der Waals surface area contributed by atoms with Crippen molar-refractivity contribution in [2.75, 3.05) is 33.9 Å². The van der Waals surface area contributed by atoms with E-state index in [0.717, 1.165) is 31.6 Å². The van der Waals surface area contributed by atoms with Crippen LogP contribution in [0.15, 0.2) is 24.3 Å². The van der Waals surface area contributed by atoms with E-state index in [4.69, 9.17) is 10.5 Å². The third-order valence-corrected chi connectivity index (χ3v) is 3.93. The molecule has 0 radical (unpaired) electrons. The molecule has 0 aliphatic heterocycles. The van der Waals surface area contributed by atoms with E-state index in [1.165, 1.54) is 19.8 Å². The van der Waals surface area contributed by atoms with Gasteiger partial charge in [0.25, 0.3) is 0 Å². The lowest BCUT2D eigenvalue weighted by atomic mass is 10.1. The van der Waals surface area contributed by atoms with Crippen LogP contribution >= 0.6 is 0 Å². The summed E-state index contributed by atoms with van der Waals surface area (Å²) in [5.74, 6) is 0.0296. The molecule has 0 atom stereocenters. The molecule has 0 unspecified atom stereocenters. The van der Waals surface area contributed by atoms with E-state index in [1.54, 1.807) is 0 Å². The first-order chi connectivity index (χ1) is 13.6. The second-order valence-corrected chi connectivity index (χ2v) is 5.95. The van der Waals surface area contributed by atoms with Gasteiger partial charge in [0, 0.05) is 12.6 Å². The number of carbonyl (C=O) groups is 2. The van der Waals surface area contributed by atoms with Crippen LogP contribution in [0.1, 0.15) is 45.1 Å². The molecular formula is C21H36N2O5. The molecule has 1 aromatic rings. The Hall–Kier alpha value is -2.12. The predicted octanol–water partition coefficient (Wildman–Crippen LogP) is 2.46. The lowest BCUT2D eigenvalue weighted by Crippen LogP contribution is -2.36. The molecule has 0 aromatic heterocycles. The van der Waals surface area contributed by atoms with Crippen LogP contribution in [0.4, 0.5) is 0 Å². The lowest BCUT2D eigenvalue weighted by Gasteiger charge is -2.16. The van der Waals surface area contributed by atoms with E-state index >= 15 is 0 Å². The fraction of sp³-hybridized carbons (Fsp3) is 0.619. The SMILES string of the molecule is CC.COC(=O)CC(CC(=O)OC)NCCOc1ccc(CCCCN)cc1. The summed E-state index contributed by atoms with van der Waals surface area (Å²) in [6.45, 7) is 5.64. The van der Waals surface area contributed by atoms with Crippen molar-refractivity contribution in [3.8, 4) is 5.75 Å². The first-order valence-corrected chi connectivity index (χ1v) is 9.87. The van der Waals surface area contributed by atoms with E-state index in [0.29, 0.717) is 13.2 Å². The zero-order valence-electron chi connectivity index (χ0n) is 17.7. The van der Waals surface area contributed by atoms with Gasteiger partial charge in [-0.1, -0.05) is 26.0 Å². The van der Waals surface area contributed by atoms with Crippen LogP contribution < -0.4 is 15.8 Å². The minimum absolute atomic E-state index is 0.100. The van der Waals surface area contributed by atoms with Crippen LogP contribution in [0.3, 0.4) is 0 Å². The molecule has 160 valence electrons. The van der Waals surface area contributed by atoms with Crippen LogP contribution in [0.5, 0.6) is 5.75 Å². The van der Waals surface area contributed by atoms with Crippen molar-refractivity contribution in [2.24, 2.45) is 5.73 Å². The van der Waals surface area contributed by atoms with Gasteiger partial charge in [-0.15, -0.1) is 0 Å². The van der Waals surface area contributed by atoms with Gasteiger partial charge < -0.3 is 25.3 Å². The van der Waals surface area contributed by atoms with Gasteiger partial charge in [0.15, 0.2) is 0 Å². The van der Waals surface area contributed by atoms with Crippen LogP contribution in [0.25, 0.3) is 0 Å². The Labute approximate surface area is 168 Å². The first-order valence-electron chi connectivity index (χ1n) is 9.87. The van der Waals surface area contributed by atoms with Gasteiger partial charge in [0.05, 0.1) is 27.1 Å². The number of hydrogen-bond acceptors (Lipinski definition) is 7. The third kappa shape index (κ3) is 12.3. The molecule has 28 heavy (non-hydrogen) atoms. The number of carbonyl (C=O) groups excluding carboxylic acids is 2. The highest BCUT2D eigenvalue weighted by Crippen LogP contribution is 2.13.